The molecule has 2 aromatic rings. The van der Waals surface area contributed by atoms with Crippen molar-refractivity contribution >= 4 is 23.2 Å². The Labute approximate surface area is 85.4 Å². The molecule has 0 saturated carbocycles. The van der Waals surface area contributed by atoms with Crippen LogP contribution in [0.2, 0.25) is 0 Å². The van der Waals surface area contributed by atoms with Crippen LogP contribution in [0.1, 0.15) is 9.75 Å². The van der Waals surface area contributed by atoms with E-state index in [0.29, 0.717) is 11.9 Å². The van der Waals surface area contributed by atoms with Crippen molar-refractivity contribution in [3.05, 3.63) is 21.9 Å². The second-order valence-corrected chi connectivity index (χ2v) is 4.28. The quantitative estimate of drug-likeness (QED) is 0.713. The third kappa shape index (κ3) is 2.02. The van der Waals surface area contributed by atoms with Gasteiger partial charge in [0.05, 0.1) is 6.54 Å². The standard InChI is InChI=1S/C8H11N5S/c1-5-2-3-6(14-5)4-10-8-11-7(9)12-13-8/h2-3H,4H2,1H3,(H4,9,10,11,12,13). The Bertz CT molecular complexity index is 379. The Balaban J connectivity index is 1.94. The summed E-state index contributed by atoms with van der Waals surface area (Å²) in [5, 5.41) is 9.51. The van der Waals surface area contributed by atoms with Crippen molar-refractivity contribution in [1.82, 2.24) is 15.2 Å². The lowest BCUT2D eigenvalue weighted by Crippen LogP contribution is -1.99. The number of hydrogen-bond donors (Lipinski definition) is 3. The van der Waals surface area contributed by atoms with E-state index < -0.39 is 0 Å². The molecule has 0 fully saturated rings. The zero-order valence-corrected chi connectivity index (χ0v) is 8.56. The molecule has 0 bridgehead atoms. The number of aromatic nitrogens is 3. The minimum Gasteiger partial charge on any atom is -0.368 e. The van der Waals surface area contributed by atoms with Gasteiger partial charge >= 0.3 is 0 Å². The molecule has 0 amide bonds. The van der Waals surface area contributed by atoms with E-state index in [0.717, 1.165) is 6.54 Å². The Morgan fingerprint density at radius 1 is 1.57 bits per heavy atom. The van der Waals surface area contributed by atoms with Crippen molar-refractivity contribution in [3.8, 4) is 0 Å². The molecular weight excluding hydrogens is 198 g/mol. The highest BCUT2D eigenvalue weighted by atomic mass is 32.1. The zero-order chi connectivity index (χ0) is 9.97. The number of aryl methyl sites for hydroxylation is 1. The van der Waals surface area contributed by atoms with Crippen LogP contribution in [-0.2, 0) is 6.54 Å². The second kappa shape index (κ2) is 3.67. The molecule has 6 heteroatoms. The van der Waals surface area contributed by atoms with Crippen molar-refractivity contribution in [2.75, 3.05) is 11.1 Å². The van der Waals surface area contributed by atoms with Crippen molar-refractivity contribution in [2.24, 2.45) is 0 Å². The third-order valence-electron chi connectivity index (χ3n) is 1.72. The van der Waals surface area contributed by atoms with E-state index in [2.05, 4.69) is 39.6 Å². The van der Waals surface area contributed by atoms with Gasteiger partial charge in [0.1, 0.15) is 0 Å². The molecule has 14 heavy (non-hydrogen) atoms. The van der Waals surface area contributed by atoms with Gasteiger partial charge in [0, 0.05) is 9.75 Å². The number of aromatic amines is 1. The molecule has 4 N–H and O–H groups in total. The fraction of sp³-hybridized carbons (Fsp3) is 0.250. The van der Waals surface area contributed by atoms with Crippen LogP contribution in [0.4, 0.5) is 11.9 Å². The first-order valence-corrected chi connectivity index (χ1v) is 5.03. The number of nitrogen functional groups attached to an aromatic ring is 1. The highest BCUT2D eigenvalue weighted by molar-refractivity contribution is 7.11. The lowest BCUT2D eigenvalue weighted by molar-refractivity contribution is 1.06. The molecule has 0 radical (unpaired) electrons. The van der Waals surface area contributed by atoms with Crippen molar-refractivity contribution in [2.45, 2.75) is 13.5 Å². The SMILES string of the molecule is Cc1ccc(CNc2n[nH]c(N)n2)s1. The predicted octanol–water partition coefficient (Wildman–Crippen LogP) is 1.37. The van der Waals surface area contributed by atoms with Crippen molar-refractivity contribution in [3.63, 3.8) is 0 Å². The van der Waals surface area contributed by atoms with E-state index in [1.165, 1.54) is 9.75 Å². The monoisotopic (exact) mass is 209 g/mol. The molecule has 2 rings (SSSR count). The number of hydrogen-bond acceptors (Lipinski definition) is 5. The smallest absolute Gasteiger partial charge is 0.243 e. The van der Waals surface area contributed by atoms with Crippen LogP contribution in [0.15, 0.2) is 12.1 Å². The van der Waals surface area contributed by atoms with Crippen LogP contribution < -0.4 is 11.1 Å². The van der Waals surface area contributed by atoms with Gasteiger partial charge in [0.2, 0.25) is 11.9 Å². The van der Waals surface area contributed by atoms with Gasteiger partial charge in [0.15, 0.2) is 0 Å². The van der Waals surface area contributed by atoms with E-state index in [4.69, 9.17) is 5.73 Å². The number of H-pyrrole nitrogens is 1. The first-order valence-electron chi connectivity index (χ1n) is 4.21. The van der Waals surface area contributed by atoms with Gasteiger partial charge in [-0.15, -0.1) is 16.4 Å². The molecule has 2 heterocycles. The highest BCUT2D eigenvalue weighted by Gasteiger charge is 2.00. The van der Waals surface area contributed by atoms with Crippen LogP contribution in [0, 0.1) is 6.92 Å². The molecule has 0 aromatic carbocycles. The average molecular weight is 209 g/mol. The van der Waals surface area contributed by atoms with Gasteiger partial charge in [-0.3, -0.25) is 0 Å². The van der Waals surface area contributed by atoms with Crippen LogP contribution in [0.3, 0.4) is 0 Å². The molecule has 2 aromatic heterocycles. The first-order chi connectivity index (χ1) is 6.74. The van der Waals surface area contributed by atoms with Crippen LogP contribution in [0.25, 0.3) is 0 Å². The third-order valence-corrected chi connectivity index (χ3v) is 2.72. The van der Waals surface area contributed by atoms with Crippen molar-refractivity contribution < 1.29 is 0 Å². The number of anilines is 2. The molecule has 0 saturated heterocycles. The van der Waals surface area contributed by atoms with Crippen molar-refractivity contribution in [1.29, 1.82) is 0 Å². The molecule has 0 spiro atoms. The number of rotatable bonds is 3. The summed E-state index contributed by atoms with van der Waals surface area (Å²) in [7, 11) is 0. The molecule has 0 atom stereocenters. The molecule has 5 nitrogen and oxygen atoms in total. The normalized spacial score (nSPS) is 10.4. The van der Waals surface area contributed by atoms with E-state index in [1.807, 2.05) is 0 Å². The summed E-state index contributed by atoms with van der Waals surface area (Å²) in [6.07, 6.45) is 0. The molecule has 0 aliphatic rings. The minimum atomic E-state index is 0.329. The molecule has 74 valence electrons. The van der Waals surface area contributed by atoms with Gasteiger partial charge in [-0.2, -0.15) is 4.98 Å². The highest BCUT2D eigenvalue weighted by Crippen LogP contribution is 2.15. The van der Waals surface area contributed by atoms with Crippen LogP contribution in [0.5, 0.6) is 0 Å². The number of thiophene rings is 1. The maximum absolute atomic E-state index is 5.39. The summed E-state index contributed by atoms with van der Waals surface area (Å²) in [5.74, 6) is 0.864. The topological polar surface area (TPSA) is 79.6 Å². The van der Waals surface area contributed by atoms with E-state index in [-0.39, 0.29) is 0 Å². The van der Waals surface area contributed by atoms with Crippen LogP contribution >= 0.6 is 11.3 Å². The average Bonchev–Trinajstić information content (AvgIpc) is 2.72. The molecule has 0 aliphatic heterocycles. The predicted molar refractivity (Wildman–Crippen MR) is 57.2 cm³/mol. The minimum absolute atomic E-state index is 0.329. The van der Waals surface area contributed by atoms with Gasteiger partial charge < -0.3 is 11.1 Å². The van der Waals surface area contributed by atoms with Gasteiger partial charge in [-0.05, 0) is 19.1 Å². The van der Waals surface area contributed by atoms with E-state index in [9.17, 15) is 0 Å². The summed E-state index contributed by atoms with van der Waals surface area (Å²) in [6, 6.07) is 4.18. The summed E-state index contributed by atoms with van der Waals surface area (Å²) in [4.78, 5) is 6.49. The van der Waals surface area contributed by atoms with E-state index >= 15 is 0 Å². The fourth-order valence-corrected chi connectivity index (χ4v) is 1.93. The lowest BCUT2D eigenvalue weighted by Gasteiger charge is -1.96. The number of nitrogens with two attached hydrogens (primary N) is 1. The Kier molecular flexibility index (Phi) is 2.36. The summed E-state index contributed by atoms with van der Waals surface area (Å²) < 4.78 is 0. The largest absolute Gasteiger partial charge is 0.368 e. The van der Waals surface area contributed by atoms with Gasteiger partial charge in [0.25, 0.3) is 0 Å². The fourth-order valence-electron chi connectivity index (χ4n) is 1.10. The van der Waals surface area contributed by atoms with Gasteiger partial charge in [-0.25, -0.2) is 5.10 Å². The summed E-state index contributed by atoms with van der Waals surface area (Å²) >= 11 is 1.75. The number of nitrogens with one attached hydrogen (secondary N) is 2. The Hall–Kier alpha value is -1.56. The maximum atomic E-state index is 5.39. The first kappa shape index (κ1) is 9.01. The summed E-state index contributed by atoms with van der Waals surface area (Å²) in [6.45, 7) is 2.81. The number of nitrogens with zero attached hydrogens (tertiary/aromatic N) is 2. The zero-order valence-electron chi connectivity index (χ0n) is 7.74. The van der Waals surface area contributed by atoms with Gasteiger partial charge in [-0.1, -0.05) is 0 Å². The Morgan fingerprint density at radius 3 is 3.00 bits per heavy atom. The maximum Gasteiger partial charge on any atom is 0.243 e. The molecule has 0 unspecified atom stereocenters. The molecule has 0 aliphatic carbocycles. The Morgan fingerprint density at radius 2 is 2.43 bits per heavy atom. The molecular formula is C8H11N5S. The van der Waals surface area contributed by atoms with Crippen LogP contribution in [-0.4, -0.2) is 15.2 Å². The second-order valence-electron chi connectivity index (χ2n) is 2.91. The van der Waals surface area contributed by atoms with E-state index in [1.54, 1.807) is 11.3 Å². The lowest BCUT2D eigenvalue weighted by atomic mass is 10.4. The summed E-state index contributed by atoms with van der Waals surface area (Å²) in [5.41, 5.74) is 5.39.